The third kappa shape index (κ3) is 68.5. The monoisotopic (exact) mass is 1210 g/mol. The van der Waals surface area contributed by atoms with E-state index in [1.165, 1.54) is 327 Å². The van der Waals surface area contributed by atoms with Crippen LogP contribution in [0.2, 0.25) is 0 Å². The van der Waals surface area contributed by atoms with Gasteiger partial charge in [-0.15, -0.1) is 0 Å². The van der Waals surface area contributed by atoms with Gasteiger partial charge in [0.05, 0.1) is 39.9 Å². The quantitative estimate of drug-likeness (QED) is 0.0243. The number of aliphatic hydroxyl groups is 1. The molecular weight excluding hydrogens is 1060 g/mol. The number of phosphoric acid groups is 1. The van der Waals surface area contributed by atoms with Crippen LogP contribution in [0.5, 0.6) is 0 Å². The molecule has 84 heavy (non-hydrogen) atoms. The van der Waals surface area contributed by atoms with Crippen molar-refractivity contribution in [2.75, 3.05) is 40.9 Å². The largest absolute Gasteiger partial charge is 0.472 e. The fourth-order valence-corrected chi connectivity index (χ4v) is 12.6. The molecule has 3 atom stereocenters. The summed E-state index contributed by atoms with van der Waals surface area (Å²) in [6, 6.07) is -0.759. The van der Waals surface area contributed by atoms with E-state index in [1.807, 2.05) is 21.1 Å². The van der Waals surface area contributed by atoms with Crippen LogP contribution in [0.4, 0.5) is 0 Å². The van der Waals surface area contributed by atoms with Crippen molar-refractivity contribution in [3.63, 3.8) is 0 Å². The lowest BCUT2D eigenvalue weighted by molar-refractivity contribution is -0.870. The fourth-order valence-electron chi connectivity index (χ4n) is 11.8. The van der Waals surface area contributed by atoms with Crippen LogP contribution in [0.3, 0.4) is 0 Å². The normalized spacial score (nSPS) is 13.7. The minimum absolute atomic E-state index is 0.0782. The average Bonchev–Trinajstić information content (AvgIpc) is 3.56. The van der Waals surface area contributed by atoms with Crippen molar-refractivity contribution in [3.05, 3.63) is 24.3 Å². The molecule has 0 saturated carbocycles. The summed E-state index contributed by atoms with van der Waals surface area (Å²) in [4.78, 5) is 23.5. The molecule has 3 unspecified atom stereocenters. The Hall–Kier alpha value is -1.02. The van der Waals surface area contributed by atoms with Crippen LogP contribution < -0.4 is 5.32 Å². The van der Waals surface area contributed by atoms with Crippen LogP contribution in [0.25, 0.3) is 0 Å². The highest BCUT2D eigenvalue weighted by Gasteiger charge is 2.28. The Morgan fingerprint density at radius 2 is 0.679 bits per heavy atom. The number of allylic oxidation sites excluding steroid dienone is 4. The number of unbranched alkanes of at least 4 members (excludes halogenated alkanes) is 54. The predicted molar refractivity (Wildman–Crippen MR) is 369 cm³/mol. The SMILES string of the molecule is CCCCCCC/C=C\C/C=C\CCCCCCCCCCCCCCCCCCCCCCCCCCCC(=O)NC(COP(=O)(O)OCC[N+](C)(C)C)C(O)CCCCCCCCCCCCCCCCCCCCCCCCCCC. The highest BCUT2D eigenvalue weighted by Crippen LogP contribution is 2.43. The van der Waals surface area contributed by atoms with Crippen molar-refractivity contribution >= 4 is 13.7 Å². The summed E-state index contributed by atoms with van der Waals surface area (Å²) < 4.78 is 23.9. The van der Waals surface area contributed by atoms with Gasteiger partial charge in [-0.2, -0.15) is 0 Å². The number of hydrogen-bond donors (Lipinski definition) is 3. The zero-order valence-electron chi connectivity index (χ0n) is 57.4. The van der Waals surface area contributed by atoms with E-state index in [-0.39, 0.29) is 19.1 Å². The zero-order valence-corrected chi connectivity index (χ0v) is 58.3. The highest BCUT2D eigenvalue weighted by atomic mass is 31.2. The Labute approximate surface area is 525 Å². The number of amides is 1. The van der Waals surface area contributed by atoms with Gasteiger partial charge in [-0.3, -0.25) is 13.8 Å². The summed E-state index contributed by atoms with van der Waals surface area (Å²) in [5, 5.41) is 14.2. The molecule has 0 radical (unpaired) electrons. The number of phosphoric ester groups is 1. The van der Waals surface area contributed by atoms with E-state index in [0.717, 1.165) is 44.9 Å². The van der Waals surface area contributed by atoms with Crippen molar-refractivity contribution in [3.8, 4) is 0 Å². The first-order chi connectivity index (χ1) is 41.0. The van der Waals surface area contributed by atoms with Gasteiger partial charge in [0.1, 0.15) is 13.2 Å². The molecule has 3 N–H and O–H groups in total. The van der Waals surface area contributed by atoms with Crippen LogP contribution in [0.15, 0.2) is 24.3 Å². The van der Waals surface area contributed by atoms with Crippen molar-refractivity contribution in [1.29, 1.82) is 0 Å². The lowest BCUT2D eigenvalue weighted by atomic mass is 10.0. The predicted octanol–water partition coefficient (Wildman–Crippen LogP) is 24.2. The van der Waals surface area contributed by atoms with Gasteiger partial charge in [-0.1, -0.05) is 372 Å². The molecule has 9 heteroatoms. The first-order valence-corrected chi connectivity index (χ1v) is 39.2. The molecule has 0 aliphatic carbocycles. The molecular formula is C75H150N2O6P+. The lowest BCUT2D eigenvalue weighted by Gasteiger charge is -2.26. The third-order valence-electron chi connectivity index (χ3n) is 17.7. The van der Waals surface area contributed by atoms with E-state index in [1.54, 1.807) is 0 Å². The average molecular weight is 1210 g/mol. The molecule has 0 fully saturated rings. The number of rotatable bonds is 71. The van der Waals surface area contributed by atoms with Gasteiger partial charge in [0, 0.05) is 6.42 Å². The first kappa shape index (κ1) is 83.0. The Bertz CT molecular complexity index is 1420. The fraction of sp³-hybridized carbons (Fsp3) is 0.933. The van der Waals surface area contributed by atoms with Gasteiger partial charge in [0.25, 0.3) is 0 Å². The van der Waals surface area contributed by atoms with Crippen molar-refractivity contribution in [2.45, 2.75) is 411 Å². The Morgan fingerprint density at radius 1 is 0.405 bits per heavy atom. The maximum atomic E-state index is 13.1. The second kappa shape index (κ2) is 66.4. The van der Waals surface area contributed by atoms with E-state index < -0.39 is 20.0 Å². The number of quaternary nitrogens is 1. The smallest absolute Gasteiger partial charge is 0.391 e. The number of nitrogens with zero attached hydrogens (tertiary/aromatic N) is 1. The van der Waals surface area contributed by atoms with Crippen LogP contribution >= 0.6 is 7.82 Å². The Morgan fingerprint density at radius 3 is 0.976 bits per heavy atom. The molecule has 1 amide bonds. The summed E-state index contributed by atoms with van der Waals surface area (Å²) in [7, 11) is 1.64. The van der Waals surface area contributed by atoms with Gasteiger partial charge in [0.15, 0.2) is 0 Å². The molecule has 0 heterocycles. The summed E-state index contributed by atoms with van der Waals surface area (Å²) in [6.45, 7) is 4.95. The Kier molecular flexibility index (Phi) is 65.6. The van der Waals surface area contributed by atoms with E-state index in [2.05, 4.69) is 43.5 Å². The summed E-state index contributed by atoms with van der Waals surface area (Å²) >= 11 is 0. The highest BCUT2D eigenvalue weighted by molar-refractivity contribution is 7.47. The maximum absolute atomic E-state index is 13.1. The van der Waals surface area contributed by atoms with Crippen LogP contribution in [-0.4, -0.2) is 73.4 Å². The molecule has 8 nitrogen and oxygen atoms in total. The minimum atomic E-state index is -4.33. The first-order valence-electron chi connectivity index (χ1n) is 37.7. The van der Waals surface area contributed by atoms with Gasteiger partial charge >= 0.3 is 7.82 Å². The number of aliphatic hydroxyl groups excluding tert-OH is 1. The van der Waals surface area contributed by atoms with E-state index in [4.69, 9.17) is 9.05 Å². The van der Waals surface area contributed by atoms with Gasteiger partial charge in [-0.05, 0) is 44.9 Å². The molecule has 0 aromatic rings. The molecule has 0 aromatic heterocycles. The lowest BCUT2D eigenvalue weighted by Crippen LogP contribution is -2.46. The molecule has 0 aromatic carbocycles. The van der Waals surface area contributed by atoms with Crippen molar-refractivity contribution < 1.29 is 32.9 Å². The van der Waals surface area contributed by atoms with E-state index in [9.17, 15) is 19.4 Å². The van der Waals surface area contributed by atoms with Gasteiger partial charge in [0.2, 0.25) is 5.91 Å². The van der Waals surface area contributed by atoms with Crippen molar-refractivity contribution in [1.82, 2.24) is 5.32 Å². The molecule has 0 bridgehead atoms. The second-order valence-electron chi connectivity index (χ2n) is 27.4. The van der Waals surface area contributed by atoms with Crippen LogP contribution in [0, 0.1) is 0 Å². The minimum Gasteiger partial charge on any atom is -0.391 e. The standard InChI is InChI=1S/C75H149N2O6P/c1-6-8-10-12-14-16-18-20-22-24-26-28-30-32-33-34-35-36-37-38-39-40-41-42-43-45-47-49-51-53-55-57-59-61-63-65-67-69-75(79)76-73(72-83-84(80,81)82-71-70-77(3,4)5)74(78)68-66-64-62-60-58-56-54-52-50-48-46-44-31-29-27-25-23-21-19-17-15-13-11-9-7-2/h18,20,24,26,73-74,78H,6-17,19,21-23,25,27-72H2,1-5H3,(H-,76,79,80,81)/p+1/b20-18-,26-24-. The van der Waals surface area contributed by atoms with E-state index in [0.29, 0.717) is 23.9 Å². The Balaban J connectivity index is 3.92. The van der Waals surface area contributed by atoms with Gasteiger partial charge in [-0.25, -0.2) is 4.57 Å². The number of hydrogen-bond acceptors (Lipinski definition) is 5. The van der Waals surface area contributed by atoms with Crippen molar-refractivity contribution in [2.24, 2.45) is 0 Å². The van der Waals surface area contributed by atoms with E-state index >= 15 is 0 Å². The molecule has 0 spiro atoms. The molecule has 0 aliphatic rings. The zero-order chi connectivity index (χ0) is 61.2. The molecule has 0 aliphatic heterocycles. The topological polar surface area (TPSA) is 105 Å². The second-order valence-corrected chi connectivity index (χ2v) is 28.8. The number of likely N-dealkylation sites (N-methyl/N-ethyl adjacent to an activating group) is 1. The summed E-state index contributed by atoms with van der Waals surface area (Å²) in [5.41, 5.74) is 0. The van der Waals surface area contributed by atoms with Gasteiger partial charge < -0.3 is 19.8 Å². The number of nitrogens with one attached hydrogen (secondary N) is 1. The third-order valence-corrected chi connectivity index (χ3v) is 18.7. The van der Waals surface area contributed by atoms with Crippen LogP contribution in [-0.2, 0) is 18.4 Å². The van der Waals surface area contributed by atoms with Crippen LogP contribution in [0.1, 0.15) is 399 Å². The summed E-state index contributed by atoms with van der Waals surface area (Å²) in [6.07, 6.45) is 87.4. The number of carbonyl (C=O) groups is 1. The summed E-state index contributed by atoms with van der Waals surface area (Å²) in [5.74, 6) is -0.134. The molecule has 0 saturated heterocycles. The maximum Gasteiger partial charge on any atom is 0.472 e. The molecule has 0 rings (SSSR count). The molecule has 500 valence electrons. The number of carbonyl (C=O) groups excluding carboxylic acids is 1.